The molecule has 1 saturated carbocycles. The average molecular weight is 485 g/mol. The Morgan fingerprint density at radius 2 is 1.48 bits per heavy atom. The lowest BCUT2D eigenvalue weighted by Crippen LogP contribution is -2.40. The fourth-order valence-electron chi connectivity index (χ4n) is 3.16. The number of rotatable bonds is 8. The molecule has 0 saturated heterocycles. The van der Waals surface area contributed by atoms with E-state index in [9.17, 15) is 16.8 Å². The zero-order valence-corrected chi connectivity index (χ0v) is 19.5. The first kappa shape index (κ1) is 22.5. The summed E-state index contributed by atoms with van der Waals surface area (Å²) in [6, 6.07) is -0.191. The van der Waals surface area contributed by atoms with Crippen molar-refractivity contribution in [1.29, 1.82) is 0 Å². The molecule has 1 fully saturated rings. The van der Waals surface area contributed by atoms with Crippen molar-refractivity contribution in [3.63, 3.8) is 0 Å². The van der Waals surface area contributed by atoms with Gasteiger partial charge in [-0.15, -0.1) is 0 Å². The van der Waals surface area contributed by atoms with E-state index in [1.165, 1.54) is 27.6 Å². The van der Waals surface area contributed by atoms with Crippen LogP contribution in [0, 0.1) is 13.8 Å². The summed E-state index contributed by atoms with van der Waals surface area (Å²) in [6.45, 7) is 2.93. The fraction of sp³-hybridized carbons (Fsp3) is 0.600. The van der Waals surface area contributed by atoms with Crippen molar-refractivity contribution in [3.05, 3.63) is 21.7 Å². The van der Waals surface area contributed by atoms with Gasteiger partial charge in [0, 0.05) is 33.2 Å². The molecular formula is C15H22Cl2N6O4S2. The quantitative estimate of drug-likeness (QED) is 0.601. The number of hydrogen-bond donors (Lipinski definition) is 1. The molecule has 2 aromatic rings. The van der Waals surface area contributed by atoms with Crippen molar-refractivity contribution in [2.75, 3.05) is 13.1 Å². The Balaban J connectivity index is 1.81. The van der Waals surface area contributed by atoms with Crippen LogP contribution in [-0.2, 0) is 34.1 Å². The number of sulfonamides is 2. The molecule has 29 heavy (non-hydrogen) atoms. The van der Waals surface area contributed by atoms with E-state index in [1.54, 1.807) is 14.0 Å². The zero-order chi connectivity index (χ0) is 21.7. The average Bonchev–Trinajstić information content (AvgIpc) is 3.33. The Labute approximate surface area is 179 Å². The predicted molar refractivity (Wildman–Crippen MR) is 108 cm³/mol. The SMILES string of the molecule is Cc1nn(C)c(Cl)c1S(=O)(=O)NCCN(C1CC1)S(=O)(=O)c1c(C)nn(C)c1Cl. The number of aryl methyl sites for hydroxylation is 4. The van der Waals surface area contributed by atoms with Crippen molar-refractivity contribution in [2.24, 2.45) is 14.1 Å². The highest BCUT2D eigenvalue weighted by atomic mass is 35.5. The van der Waals surface area contributed by atoms with Crippen LogP contribution in [0.25, 0.3) is 0 Å². The second-order valence-electron chi connectivity index (χ2n) is 6.90. The molecule has 0 atom stereocenters. The Bertz CT molecular complexity index is 1150. The fourth-order valence-corrected chi connectivity index (χ4v) is 7.32. The summed E-state index contributed by atoms with van der Waals surface area (Å²) >= 11 is 12.2. The first-order valence-electron chi connectivity index (χ1n) is 8.77. The van der Waals surface area contributed by atoms with Crippen molar-refractivity contribution >= 4 is 43.2 Å². The van der Waals surface area contributed by atoms with Crippen LogP contribution in [0.4, 0.5) is 0 Å². The summed E-state index contributed by atoms with van der Waals surface area (Å²) < 4.78 is 57.9. The number of nitrogens with zero attached hydrogens (tertiary/aromatic N) is 5. The van der Waals surface area contributed by atoms with Crippen molar-refractivity contribution in [2.45, 2.75) is 42.5 Å². The van der Waals surface area contributed by atoms with Gasteiger partial charge in [-0.1, -0.05) is 23.2 Å². The Hall–Kier alpha value is -1.18. The highest BCUT2D eigenvalue weighted by molar-refractivity contribution is 7.90. The topological polar surface area (TPSA) is 119 Å². The molecule has 14 heteroatoms. The standard InChI is InChI=1S/C15H22Cl2N6O4S2/c1-9-12(14(16)21(3)19-9)28(24,25)18-7-8-23(11-5-6-11)29(26,27)13-10(2)20-22(4)15(13)17/h11,18H,5-8H2,1-4H3. The minimum atomic E-state index is -3.95. The van der Waals surface area contributed by atoms with E-state index in [4.69, 9.17) is 23.2 Å². The first-order valence-corrected chi connectivity index (χ1v) is 12.5. The van der Waals surface area contributed by atoms with E-state index < -0.39 is 20.0 Å². The highest BCUT2D eigenvalue weighted by Gasteiger charge is 2.40. The summed E-state index contributed by atoms with van der Waals surface area (Å²) in [5.74, 6) is 0. The van der Waals surface area contributed by atoms with E-state index in [-0.39, 0.29) is 44.9 Å². The number of halogens is 2. The van der Waals surface area contributed by atoms with Crippen molar-refractivity contribution in [3.8, 4) is 0 Å². The van der Waals surface area contributed by atoms with Crippen LogP contribution in [0.15, 0.2) is 9.79 Å². The van der Waals surface area contributed by atoms with Crippen LogP contribution >= 0.6 is 23.2 Å². The van der Waals surface area contributed by atoms with Crippen LogP contribution in [0.5, 0.6) is 0 Å². The van der Waals surface area contributed by atoms with Gasteiger partial charge in [0.2, 0.25) is 20.0 Å². The van der Waals surface area contributed by atoms with E-state index in [1.807, 2.05) is 0 Å². The monoisotopic (exact) mass is 484 g/mol. The van der Waals surface area contributed by atoms with E-state index >= 15 is 0 Å². The van der Waals surface area contributed by atoms with Gasteiger partial charge >= 0.3 is 0 Å². The summed E-state index contributed by atoms with van der Waals surface area (Å²) in [5, 5.41) is 8.06. The zero-order valence-electron chi connectivity index (χ0n) is 16.3. The molecule has 0 spiro atoms. The maximum Gasteiger partial charge on any atom is 0.248 e. The lowest BCUT2D eigenvalue weighted by atomic mass is 10.5. The number of nitrogens with one attached hydrogen (secondary N) is 1. The largest absolute Gasteiger partial charge is 0.255 e. The molecule has 2 aromatic heterocycles. The van der Waals surface area contributed by atoms with Gasteiger partial charge in [0.1, 0.15) is 20.1 Å². The van der Waals surface area contributed by atoms with Gasteiger partial charge in [0.05, 0.1) is 11.4 Å². The van der Waals surface area contributed by atoms with E-state index in [2.05, 4.69) is 14.9 Å². The molecule has 0 aromatic carbocycles. The normalized spacial score (nSPS) is 15.4. The Morgan fingerprint density at radius 3 is 1.90 bits per heavy atom. The molecule has 2 heterocycles. The highest BCUT2D eigenvalue weighted by Crippen LogP contribution is 2.35. The van der Waals surface area contributed by atoms with E-state index in [0.717, 1.165) is 0 Å². The molecule has 1 N–H and O–H groups in total. The van der Waals surface area contributed by atoms with Gasteiger partial charge < -0.3 is 0 Å². The molecule has 0 radical (unpaired) electrons. The summed E-state index contributed by atoms with van der Waals surface area (Å²) in [4.78, 5) is -0.170. The van der Waals surface area contributed by atoms with Crippen molar-refractivity contribution in [1.82, 2.24) is 28.6 Å². The van der Waals surface area contributed by atoms with Gasteiger partial charge in [0.15, 0.2) is 0 Å². The molecule has 0 unspecified atom stereocenters. The van der Waals surface area contributed by atoms with Crippen LogP contribution in [0.2, 0.25) is 10.3 Å². The Kier molecular flexibility index (Phi) is 6.07. The molecular weight excluding hydrogens is 463 g/mol. The van der Waals surface area contributed by atoms with Crippen molar-refractivity contribution < 1.29 is 16.8 Å². The maximum absolute atomic E-state index is 13.2. The summed E-state index contributed by atoms with van der Waals surface area (Å²) in [5.41, 5.74) is 0.552. The molecule has 1 aliphatic carbocycles. The predicted octanol–water partition coefficient (Wildman–Crippen LogP) is 1.21. The summed E-state index contributed by atoms with van der Waals surface area (Å²) in [6.07, 6.45) is 1.41. The lowest BCUT2D eigenvalue weighted by Gasteiger charge is -2.22. The van der Waals surface area contributed by atoms with E-state index in [0.29, 0.717) is 18.5 Å². The molecule has 0 amide bonds. The molecule has 0 aliphatic heterocycles. The molecule has 162 valence electrons. The van der Waals surface area contributed by atoms with Gasteiger partial charge in [-0.3, -0.25) is 9.36 Å². The van der Waals surface area contributed by atoms with Gasteiger partial charge in [-0.25, -0.2) is 21.6 Å². The second-order valence-corrected chi connectivity index (χ2v) is 11.1. The smallest absolute Gasteiger partial charge is 0.248 e. The Morgan fingerprint density at radius 1 is 1.00 bits per heavy atom. The molecule has 0 bridgehead atoms. The third-order valence-electron chi connectivity index (χ3n) is 4.61. The molecule has 10 nitrogen and oxygen atoms in total. The minimum absolute atomic E-state index is 0.0144. The first-order chi connectivity index (χ1) is 13.4. The molecule has 3 rings (SSSR count). The second kappa shape index (κ2) is 7.82. The maximum atomic E-state index is 13.2. The van der Waals surface area contributed by atoms with Crippen LogP contribution in [0.1, 0.15) is 24.2 Å². The number of hydrogen-bond acceptors (Lipinski definition) is 6. The number of aromatic nitrogens is 4. The minimum Gasteiger partial charge on any atom is -0.255 e. The summed E-state index contributed by atoms with van der Waals surface area (Å²) in [7, 11) is -4.79. The van der Waals surface area contributed by atoms with Crippen LogP contribution < -0.4 is 4.72 Å². The van der Waals surface area contributed by atoms with Gasteiger partial charge in [0.25, 0.3) is 0 Å². The molecule has 1 aliphatic rings. The van der Waals surface area contributed by atoms with Gasteiger partial charge in [-0.2, -0.15) is 14.5 Å². The third kappa shape index (κ3) is 4.19. The van der Waals surface area contributed by atoms with Crippen LogP contribution in [0.3, 0.4) is 0 Å². The third-order valence-corrected chi connectivity index (χ3v) is 9.42. The lowest BCUT2D eigenvalue weighted by molar-refractivity contribution is 0.405. The van der Waals surface area contributed by atoms with Crippen LogP contribution in [-0.4, -0.2) is 59.8 Å². The van der Waals surface area contributed by atoms with Gasteiger partial charge in [-0.05, 0) is 26.7 Å².